The van der Waals surface area contributed by atoms with Gasteiger partial charge in [-0.05, 0) is 37.6 Å². The third-order valence-electron chi connectivity index (χ3n) is 2.65. The molecule has 0 aromatic heterocycles. The molecule has 4 heteroatoms. The van der Waals surface area contributed by atoms with E-state index in [1.54, 1.807) is 38.3 Å². The highest BCUT2D eigenvalue weighted by Gasteiger charge is 2.15. The van der Waals surface area contributed by atoms with Crippen molar-refractivity contribution in [2.75, 3.05) is 13.7 Å². The van der Waals surface area contributed by atoms with Crippen molar-refractivity contribution in [2.24, 2.45) is 0 Å². The Balaban J connectivity index is 2.36. The van der Waals surface area contributed by atoms with E-state index in [4.69, 9.17) is 14.2 Å². The van der Waals surface area contributed by atoms with Crippen molar-refractivity contribution in [2.45, 2.75) is 32.8 Å². The van der Waals surface area contributed by atoms with Gasteiger partial charge in [0.1, 0.15) is 18.1 Å². The average Bonchev–Trinajstić information content (AvgIpc) is 2.47. The molecule has 1 rings (SSSR count). The molecule has 0 N–H and O–H groups in total. The number of methoxy groups -OCH3 is 1. The summed E-state index contributed by atoms with van der Waals surface area (Å²) in [7, 11) is 1.60. The summed E-state index contributed by atoms with van der Waals surface area (Å²) in [6.45, 7) is 4.05. The van der Waals surface area contributed by atoms with Gasteiger partial charge in [-0.1, -0.05) is 25.5 Å². The molecular weight excluding hydrogens is 256 g/mol. The highest BCUT2D eigenvalue weighted by Crippen LogP contribution is 2.18. The molecule has 0 aliphatic heterocycles. The number of carbonyl (C=O) groups excluding carboxylic acids is 1. The number of unbranched alkanes of at least 4 members (excludes halogenated alkanes) is 1. The number of esters is 1. The van der Waals surface area contributed by atoms with Gasteiger partial charge in [0.15, 0.2) is 6.10 Å². The number of hydrogen-bond donors (Lipinski definition) is 0. The third kappa shape index (κ3) is 5.78. The highest BCUT2D eigenvalue weighted by atomic mass is 16.6. The molecule has 1 atom stereocenters. The van der Waals surface area contributed by atoms with Crippen LogP contribution in [0.2, 0.25) is 0 Å². The lowest BCUT2D eigenvalue weighted by atomic mass is 10.3. The fraction of sp³-hybridized carbons (Fsp3) is 0.438. The van der Waals surface area contributed by atoms with Crippen LogP contribution < -0.4 is 9.47 Å². The fourth-order valence-electron chi connectivity index (χ4n) is 1.51. The Morgan fingerprint density at radius 1 is 1.20 bits per heavy atom. The largest absolute Gasteiger partial charge is 0.497 e. The Morgan fingerprint density at radius 2 is 1.85 bits per heavy atom. The van der Waals surface area contributed by atoms with Crippen molar-refractivity contribution in [3.05, 3.63) is 36.4 Å². The lowest BCUT2D eigenvalue weighted by Gasteiger charge is -2.13. The monoisotopic (exact) mass is 278 g/mol. The number of rotatable bonds is 8. The van der Waals surface area contributed by atoms with E-state index in [-0.39, 0.29) is 12.6 Å². The van der Waals surface area contributed by atoms with E-state index >= 15 is 0 Å². The summed E-state index contributed by atoms with van der Waals surface area (Å²) in [6.07, 6.45) is 5.30. The molecule has 0 heterocycles. The molecular formula is C16H22O4. The van der Waals surface area contributed by atoms with Crippen LogP contribution in [0.4, 0.5) is 0 Å². The summed E-state index contributed by atoms with van der Waals surface area (Å²) >= 11 is 0. The summed E-state index contributed by atoms with van der Waals surface area (Å²) in [6, 6.07) is 7.06. The number of carbonyl (C=O) groups is 1. The molecule has 0 aliphatic carbocycles. The van der Waals surface area contributed by atoms with Crippen molar-refractivity contribution in [3.63, 3.8) is 0 Å². The maximum atomic E-state index is 11.7. The minimum Gasteiger partial charge on any atom is -0.497 e. The van der Waals surface area contributed by atoms with Crippen LogP contribution in [0.25, 0.3) is 0 Å². The molecule has 4 nitrogen and oxygen atoms in total. The molecule has 0 spiro atoms. The van der Waals surface area contributed by atoms with E-state index in [1.165, 1.54) is 0 Å². The van der Waals surface area contributed by atoms with Gasteiger partial charge in [-0.3, -0.25) is 0 Å². The molecule has 0 saturated heterocycles. The van der Waals surface area contributed by atoms with Crippen molar-refractivity contribution < 1.29 is 19.0 Å². The van der Waals surface area contributed by atoms with Gasteiger partial charge < -0.3 is 14.2 Å². The van der Waals surface area contributed by atoms with Gasteiger partial charge >= 0.3 is 5.97 Å². The van der Waals surface area contributed by atoms with E-state index in [9.17, 15) is 4.79 Å². The topological polar surface area (TPSA) is 44.8 Å². The first-order valence-corrected chi connectivity index (χ1v) is 6.79. The Labute approximate surface area is 120 Å². The van der Waals surface area contributed by atoms with Crippen LogP contribution in [0, 0.1) is 0 Å². The lowest BCUT2D eigenvalue weighted by molar-refractivity contribution is -0.149. The van der Waals surface area contributed by atoms with Gasteiger partial charge in [0.05, 0.1) is 7.11 Å². The van der Waals surface area contributed by atoms with Gasteiger partial charge in [0.25, 0.3) is 0 Å². The predicted octanol–water partition coefficient (Wildman–Crippen LogP) is 3.36. The van der Waals surface area contributed by atoms with Crippen molar-refractivity contribution >= 4 is 5.97 Å². The summed E-state index contributed by atoms with van der Waals surface area (Å²) < 4.78 is 15.6. The summed E-state index contributed by atoms with van der Waals surface area (Å²) in [5.41, 5.74) is 0. The smallest absolute Gasteiger partial charge is 0.347 e. The summed E-state index contributed by atoms with van der Waals surface area (Å²) in [5, 5.41) is 0. The second-order valence-corrected chi connectivity index (χ2v) is 4.33. The number of hydrogen-bond acceptors (Lipinski definition) is 4. The molecule has 0 saturated carbocycles. The summed E-state index contributed by atoms with van der Waals surface area (Å²) in [4.78, 5) is 11.7. The molecule has 0 aliphatic rings. The molecule has 0 radical (unpaired) electrons. The van der Waals surface area contributed by atoms with Crippen LogP contribution in [-0.4, -0.2) is 25.8 Å². The Hall–Kier alpha value is -1.97. The first kappa shape index (κ1) is 16.1. The van der Waals surface area contributed by atoms with E-state index in [1.807, 2.05) is 12.2 Å². The Bertz CT molecular complexity index is 423. The third-order valence-corrected chi connectivity index (χ3v) is 2.65. The quantitative estimate of drug-likeness (QED) is 0.540. The predicted molar refractivity (Wildman–Crippen MR) is 78.1 cm³/mol. The van der Waals surface area contributed by atoms with E-state index in [2.05, 4.69) is 6.92 Å². The van der Waals surface area contributed by atoms with Crippen LogP contribution in [0.15, 0.2) is 36.4 Å². The van der Waals surface area contributed by atoms with E-state index in [0.29, 0.717) is 5.75 Å². The lowest BCUT2D eigenvalue weighted by Crippen LogP contribution is -2.26. The Morgan fingerprint density at radius 3 is 2.45 bits per heavy atom. The Kier molecular flexibility index (Phi) is 7.25. The molecule has 20 heavy (non-hydrogen) atoms. The van der Waals surface area contributed by atoms with E-state index < -0.39 is 6.10 Å². The zero-order valence-electron chi connectivity index (χ0n) is 12.3. The first-order chi connectivity index (χ1) is 9.67. The van der Waals surface area contributed by atoms with Crippen LogP contribution in [-0.2, 0) is 9.53 Å². The van der Waals surface area contributed by atoms with Crippen LogP contribution in [0.5, 0.6) is 11.5 Å². The van der Waals surface area contributed by atoms with Gasteiger partial charge in [-0.2, -0.15) is 0 Å². The maximum Gasteiger partial charge on any atom is 0.347 e. The van der Waals surface area contributed by atoms with Gasteiger partial charge in [0.2, 0.25) is 0 Å². The van der Waals surface area contributed by atoms with Crippen molar-refractivity contribution in [1.82, 2.24) is 0 Å². The van der Waals surface area contributed by atoms with Crippen molar-refractivity contribution in [1.29, 1.82) is 0 Å². The number of ether oxygens (including phenoxy) is 3. The molecule has 1 unspecified atom stereocenters. The zero-order valence-corrected chi connectivity index (χ0v) is 12.3. The molecule has 1 aromatic carbocycles. The average molecular weight is 278 g/mol. The van der Waals surface area contributed by atoms with Crippen LogP contribution in [0.3, 0.4) is 0 Å². The molecule has 0 fully saturated rings. The first-order valence-electron chi connectivity index (χ1n) is 6.79. The minimum absolute atomic E-state index is 0.287. The van der Waals surface area contributed by atoms with Crippen molar-refractivity contribution in [3.8, 4) is 11.5 Å². The maximum absolute atomic E-state index is 11.7. The number of benzene rings is 1. The minimum atomic E-state index is -0.636. The standard InChI is InChI=1S/C16H22O4/c1-4-5-6-7-12-19-16(17)13(2)20-15-10-8-14(18-3)9-11-15/h6-11,13H,4-5,12H2,1-3H3/b7-6+. The van der Waals surface area contributed by atoms with Crippen LogP contribution in [0.1, 0.15) is 26.7 Å². The normalized spacial score (nSPS) is 12.2. The molecule has 0 amide bonds. The molecule has 1 aromatic rings. The van der Waals surface area contributed by atoms with Gasteiger partial charge in [-0.15, -0.1) is 0 Å². The van der Waals surface area contributed by atoms with Gasteiger partial charge in [0, 0.05) is 0 Å². The summed E-state index contributed by atoms with van der Waals surface area (Å²) in [5.74, 6) is 0.979. The SMILES string of the molecule is CCC/C=C/COC(=O)C(C)Oc1ccc(OC)cc1. The van der Waals surface area contributed by atoms with E-state index in [0.717, 1.165) is 18.6 Å². The second-order valence-electron chi connectivity index (χ2n) is 4.33. The molecule has 0 bridgehead atoms. The number of allylic oxidation sites excluding steroid dienone is 1. The fourth-order valence-corrected chi connectivity index (χ4v) is 1.51. The van der Waals surface area contributed by atoms with Crippen LogP contribution >= 0.6 is 0 Å². The zero-order chi connectivity index (χ0) is 14.8. The highest BCUT2D eigenvalue weighted by molar-refractivity contribution is 5.74. The second kappa shape index (κ2) is 9.02. The van der Waals surface area contributed by atoms with Gasteiger partial charge in [-0.25, -0.2) is 4.79 Å². The molecule has 110 valence electrons.